The van der Waals surface area contributed by atoms with Crippen molar-refractivity contribution in [3.63, 3.8) is 0 Å². The number of sulfonamides is 1. The predicted octanol–water partition coefficient (Wildman–Crippen LogP) is 0.842. The largest absolute Gasteiger partial charge is 0.452 e. The van der Waals surface area contributed by atoms with Crippen LogP contribution in [0.3, 0.4) is 0 Å². The lowest BCUT2D eigenvalue weighted by Gasteiger charge is -2.10. The number of hydrogen-bond donors (Lipinski definition) is 2. The van der Waals surface area contributed by atoms with Crippen LogP contribution in [0.15, 0.2) is 41.1 Å². The van der Waals surface area contributed by atoms with Crippen molar-refractivity contribution in [1.82, 2.24) is 5.16 Å². The third-order valence-electron chi connectivity index (χ3n) is 2.48. The number of para-hydroxylation sites is 1. The highest BCUT2D eigenvalue weighted by atomic mass is 32.2. The van der Waals surface area contributed by atoms with Crippen LogP contribution >= 0.6 is 0 Å². The Hall–Kier alpha value is -2.88. The van der Waals surface area contributed by atoms with Crippen molar-refractivity contribution in [2.45, 2.75) is 0 Å². The molecule has 0 fully saturated rings. The molecule has 0 aliphatic heterocycles. The number of ether oxygens (including phenoxy) is 1. The predicted molar refractivity (Wildman–Crippen MR) is 80.3 cm³/mol. The average molecular weight is 339 g/mol. The first-order chi connectivity index (χ1) is 10.8. The van der Waals surface area contributed by atoms with E-state index in [1.165, 1.54) is 24.5 Å². The monoisotopic (exact) mass is 339 g/mol. The normalized spacial score (nSPS) is 10.8. The standard InChI is InChI=1S/C13H13N3O6S/c1-23(19,20)16-10-5-3-2-4-9(10)13(18)21-8-12(17)14-11-6-7-22-15-11/h2-7,16H,8H2,1H3,(H,14,15,17). The maximum Gasteiger partial charge on any atom is 0.340 e. The van der Waals surface area contributed by atoms with Crippen molar-refractivity contribution in [3.8, 4) is 0 Å². The van der Waals surface area contributed by atoms with E-state index in [9.17, 15) is 18.0 Å². The van der Waals surface area contributed by atoms with Crippen LogP contribution in [0.2, 0.25) is 0 Å². The molecule has 10 heteroatoms. The highest BCUT2D eigenvalue weighted by Gasteiger charge is 2.16. The van der Waals surface area contributed by atoms with E-state index in [-0.39, 0.29) is 17.1 Å². The first-order valence-corrected chi connectivity index (χ1v) is 8.18. The summed E-state index contributed by atoms with van der Waals surface area (Å²) in [4.78, 5) is 23.6. The fraction of sp³-hybridized carbons (Fsp3) is 0.154. The molecule has 1 aromatic carbocycles. The van der Waals surface area contributed by atoms with Gasteiger partial charge in [0.15, 0.2) is 12.4 Å². The Morgan fingerprint density at radius 2 is 2.00 bits per heavy atom. The van der Waals surface area contributed by atoms with Crippen LogP contribution in [0, 0.1) is 0 Å². The molecular weight excluding hydrogens is 326 g/mol. The summed E-state index contributed by atoms with van der Waals surface area (Å²) >= 11 is 0. The molecule has 2 N–H and O–H groups in total. The number of carbonyl (C=O) groups excluding carboxylic acids is 2. The van der Waals surface area contributed by atoms with Gasteiger partial charge in [-0.15, -0.1) is 0 Å². The highest BCUT2D eigenvalue weighted by Crippen LogP contribution is 2.17. The lowest BCUT2D eigenvalue weighted by molar-refractivity contribution is -0.119. The van der Waals surface area contributed by atoms with Gasteiger partial charge in [-0.25, -0.2) is 13.2 Å². The topological polar surface area (TPSA) is 128 Å². The molecule has 0 spiro atoms. The SMILES string of the molecule is CS(=O)(=O)Nc1ccccc1C(=O)OCC(=O)Nc1ccon1. The minimum atomic E-state index is -3.55. The summed E-state index contributed by atoms with van der Waals surface area (Å²) in [6.07, 6.45) is 2.23. The second kappa shape index (κ2) is 6.92. The molecule has 0 saturated carbocycles. The summed E-state index contributed by atoms with van der Waals surface area (Å²) in [6, 6.07) is 7.31. The molecule has 0 aliphatic carbocycles. The first kappa shape index (κ1) is 16.5. The minimum absolute atomic E-state index is 0.00726. The summed E-state index contributed by atoms with van der Waals surface area (Å²) in [5, 5.41) is 5.82. The summed E-state index contributed by atoms with van der Waals surface area (Å²) < 4.78 is 34.1. The summed E-state index contributed by atoms with van der Waals surface area (Å²) in [5.41, 5.74) is 0.0593. The number of benzene rings is 1. The van der Waals surface area contributed by atoms with E-state index < -0.39 is 28.5 Å². The lowest BCUT2D eigenvalue weighted by Crippen LogP contribution is -2.22. The van der Waals surface area contributed by atoms with Crippen LogP contribution in [0.1, 0.15) is 10.4 Å². The van der Waals surface area contributed by atoms with Crippen molar-refractivity contribution in [1.29, 1.82) is 0 Å². The van der Waals surface area contributed by atoms with Crippen molar-refractivity contribution < 1.29 is 27.3 Å². The summed E-state index contributed by atoms with van der Waals surface area (Å²) in [5.74, 6) is -1.27. The molecule has 0 atom stereocenters. The van der Waals surface area contributed by atoms with Crippen molar-refractivity contribution in [2.75, 3.05) is 22.9 Å². The van der Waals surface area contributed by atoms with E-state index >= 15 is 0 Å². The minimum Gasteiger partial charge on any atom is -0.452 e. The fourth-order valence-corrected chi connectivity index (χ4v) is 2.19. The number of hydrogen-bond acceptors (Lipinski definition) is 7. The number of carbonyl (C=O) groups is 2. The second-order valence-electron chi connectivity index (χ2n) is 4.43. The van der Waals surface area contributed by atoms with E-state index in [0.29, 0.717) is 0 Å². The van der Waals surface area contributed by atoms with Crippen molar-refractivity contribution >= 4 is 33.4 Å². The number of nitrogens with zero attached hydrogens (tertiary/aromatic N) is 1. The molecule has 0 unspecified atom stereocenters. The Labute approximate surface area is 131 Å². The zero-order chi connectivity index (χ0) is 16.9. The van der Waals surface area contributed by atoms with Crippen LogP contribution in [0.4, 0.5) is 11.5 Å². The van der Waals surface area contributed by atoms with Crippen LogP contribution in [-0.4, -0.2) is 38.3 Å². The lowest BCUT2D eigenvalue weighted by atomic mass is 10.2. The molecule has 1 amide bonds. The molecular formula is C13H13N3O6S. The fourth-order valence-electron chi connectivity index (χ4n) is 1.61. The number of amides is 1. The van der Waals surface area contributed by atoms with E-state index in [4.69, 9.17) is 4.74 Å². The van der Waals surface area contributed by atoms with Gasteiger partial charge in [-0.1, -0.05) is 17.3 Å². The molecule has 23 heavy (non-hydrogen) atoms. The number of anilines is 2. The first-order valence-electron chi connectivity index (χ1n) is 6.29. The Balaban J connectivity index is 1.99. The van der Waals surface area contributed by atoms with Gasteiger partial charge in [-0.05, 0) is 12.1 Å². The number of esters is 1. The van der Waals surface area contributed by atoms with Crippen molar-refractivity contribution in [3.05, 3.63) is 42.2 Å². The van der Waals surface area contributed by atoms with Gasteiger partial charge >= 0.3 is 5.97 Å². The smallest absolute Gasteiger partial charge is 0.340 e. The maximum atomic E-state index is 12.0. The molecule has 0 aliphatic rings. The Morgan fingerprint density at radius 3 is 2.65 bits per heavy atom. The zero-order valence-corrected chi connectivity index (χ0v) is 12.8. The molecule has 0 radical (unpaired) electrons. The van der Waals surface area contributed by atoms with E-state index in [0.717, 1.165) is 6.26 Å². The highest BCUT2D eigenvalue weighted by molar-refractivity contribution is 7.92. The van der Waals surface area contributed by atoms with Gasteiger partial charge in [-0.2, -0.15) is 0 Å². The van der Waals surface area contributed by atoms with E-state index in [2.05, 4.69) is 19.7 Å². The summed E-state index contributed by atoms with van der Waals surface area (Å²) in [7, 11) is -3.55. The molecule has 122 valence electrons. The van der Waals surface area contributed by atoms with Crippen molar-refractivity contribution in [2.24, 2.45) is 0 Å². The van der Waals surface area contributed by atoms with Gasteiger partial charge in [0.1, 0.15) is 6.26 Å². The molecule has 9 nitrogen and oxygen atoms in total. The van der Waals surface area contributed by atoms with Crippen LogP contribution < -0.4 is 10.0 Å². The van der Waals surface area contributed by atoms with E-state index in [1.54, 1.807) is 12.1 Å². The van der Waals surface area contributed by atoms with Crippen LogP contribution in [0.5, 0.6) is 0 Å². The van der Waals surface area contributed by atoms with Gasteiger partial charge in [0.2, 0.25) is 10.0 Å². The zero-order valence-electron chi connectivity index (χ0n) is 12.0. The molecule has 2 aromatic rings. The van der Waals surface area contributed by atoms with Gasteiger partial charge in [0, 0.05) is 6.07 Å². The molecule has 0 bridgehead atoms. The van der Waals surface area contributed by atoms with E-state index in [1.807, 2.05) is 0 Å². The van der Waals surface area contributed by atoms with Crippen LogP contribution in [0.25, 0.3) is 0 Å². The van der Waals surface area contributed by atoms with Crippen LogP contribution in [-0.2, 0) is 19.6 Å². The third kappa shape index (κ3) is 5.11. The van der Waals surface area contributed by atoms with Gasteiger partial charge in [0.05, 0.1) is 17.5 Å². The number of aromatic nitrogens is 1. The number of rotatable bonds is 6. The van der Waals surface area contributed by atoms with Gasteiger partial charge in [-0.3, -0.25) is 9.52 Å². The molecule has 0 saturated heterocycles. The Kier molecular flexibility index (Phi) is 4.96. The number of nitrogens with one attached hydrogen (secondary N) is 2. The van der Waals surface area contributed by atoms with Gasteiger partial charge < -0.3 is 14.6 Å². The molecule has 1 heterocycles. The Bertz CT molecular complexity index is 801. The van der Waals surface area contributed by atoms with Gasteiger partial charge in [0.25, 0.3) is 5.91 Å². The third-order valence-corrected chi connectivity index (χ3v) is 3.07. The maximum absolute atomic E-state index is 12.0. The quantitative estimate of drug-likeness (QED) is 0.746. The molecule has 2 rings (SSSR count). The second-order valence-corrected chi connectivity index (χ2v) is 6.18. The summed E-state index contributed by atoms with van der Waals surface area (Å²) in [6.45, 7) is -0.557. The average Bonchev–Trinajstić information content (AvgIpc) is 2.96. The molecule has 1 aromatic heterocycles. The Morgan fingerprint density at radius 1 is 1.26 bits per heavy atom.